The molecule has 0 atom stereocenters. The molecule has 1 heterocycles. The molecule has 2 aromatic rings. The van der Waals surface area contributed by atoms with Crippen molar-refractivity contribution in [2.24, 2.45) is 4.99 Å². The molecule has 0 aliphatic carbocycles. The van der Waals surface area contributed by atoms with E-state index in [9.17, 15) is 0 Å². The summed E-state index contributed by atoms with van der Waals surface area (Å²) in [6.07, 6.45) is 2.78. The lowest BCUT2D eigenvalue weighted by Crippen LogP contribution is -2.37. The highest BCUT2D eigenvalue weighted by Crippen LogP contribution is 2.08. The number of guanidine groups is 1. The number of aliphatic imine (C=N–C) groups is 1. The van der Waals surface area contributed by atoms with E-state index in [1.54, 1.807) is 13.3 Å². The Balaban J connectivity index is 1.62. The molecular weight excluding hydrogens is 342 g/mol. The molecule has 27 heavy (non-hydrogen) atoms. The van der Waals surface area contributed by atoms with Gasteiger partial charge in [0.1, 0.15) is 12.4 Å². The van der Waals surface area contributed by atoms with Crippen LogP contribution in [0.4, 0.5) is 0 Å². The number of benzene rings is 1. The minimum absolute atomic E-state index is 0.234. The SMILES string of the molecule is CN=C(NCCCOCc1ccco1)NCc1cccc(COC(C)C)c1. The first-order valence-corrected chi connectivity index (χ1v) is 9.41. The maximum Gasteiger partial charge on any atom is 0.191 e. The molecule has 0 saturated heterocycles. The molecule has 0 fully saturated rings. The molecule has 0 aliphatic heterocycles. The van der Waals surface area contributed by atoms with Gasteiger partial charge in [-0.25, -0.2) is 0 Å². The Kier molecular flexibility index (Phi) is 9.44. The standard InChI is InChI=1S/C21H31N3O3/c1-17(2)27-15-19-8-4-7-18(13-19)14-24-21(22-3)23-10-6-11-25-16-20-9-5-12-26-20/h4-5,7-9,12-13,17H,6,10-11,14-16H2,1-3H3,(H2,22,23,24). The molecule has 6 nitrogen and oxygen atoms in total. The maximum absolute atomic E-state index is 5.66. The van der Waals surface area contributed by atoms with Crippen LogP contribution in [0.5, 0.6) is 0 Å². The third-order valence-electron chi connectivity index (χ3n) is 3.84. The van der Waals surface area contributed by atoms with Crippen LogP contribution >= 0.6 is 0 Å². The molecule has 0 aliphatic rings. The van der Waals surface area contributed by atoms with Crippen LogP contribution in [0.1, 0.15) is 37.2 Å². The minimum Gasteiger partial charge on any atom is -0.467 e. The van der Waals surface area contributed by atoms with Crippen LogP contribution in [0.15, 0.2) is 52.1 Å². The molecule has 2 N–H and O–H groups in total. The van der Waals surface area contributed by atoms with E-state index in [0.717, 1.165) is 24.7 Å². The zero-order chi connectivity index (χ0) is 19.3. The van der Waals surface area contributed by atoms with E-state index in [2.05, 4.69) is 39.9 Å². The lowest BCUT2D eigenvalue weighted by Gasteiger charge is -2.13. The Labute approximate surface area is 162 Å². The normalized spacial score (nSPS) is 11.8. The highest BCUT2D eigenvalue weighted by Gasteiger charge is 2.01. The lowest BCUT2D eigenvalue weighted by molar-refractivity contribution is 0.0657. The number of ether oxygens (including phenoxy) is 2. The summed E-state index contributed by atoms with van der Waals surface area (Å²) in [7, 11) is 1.77. The third-order valence-corrected chi connectivity index (χ3v) is 3.84. The number of hydrogen-bond acceptors (Lipinski definition) is 4. The summed E-state index contributed by atoms with van der Waals surface area (Å²) in [5.41, 5.74) is 2.38. The fraction of sp³-hybridized carbons (Fsp3) is 0.476. The molecule has 0 amide bonds. The molecule has 0 spiro atoms. The first-order valence-electron chi connectivity index (χ1n) is 9.41. The Hall–Kier alpha value is -2.31. The molecule has 1 aromatic carbocycles. The van der Waals surface area contributed by atoms with E-state index in [1.165, 1.54) is 11.1 Å². The van der Waals surface area contributed by atoms with Crippen molar-refractivity contribution in [3.8, 4) is 0 Å². The smallest absolute Gasteiger partial charge is 0.191 e. The van der Waals surface area contributed by atoms with Crippen molar-refractivity contribution in [2.75, 3.05) is 20.2 Å². The highest BCUT2D eigenvalue weighted by atomic mass is 16.5. The van der Waals surface area contributed by atoms with E-state index in [4.69, 9.17) is 13.9 Å². The Morgan fingerprint density at radius 1 is 1.11 bits per heavy atom. The van der Waals surface area contributed by atoms with Gasteiger partial charge in [0.05, 0.1) is 19.0 Å². The van der Waals surface area contributed by atoms with Crippen LogP contribution in [0.2, 0.25) is 0 Å². The van der Waals surface area contributed by atoms with Gasteiger partial charge in [0.25, 0.3) is 0 Å². The summed E-state index contributed by atoms with van der Waals surface area (Å²) in [6.45, 7) is 7.41. The van der Waals surface area contributed by atoms with Gasteiger partial charge in [-0.15, -0.1) is 0 Å². The van der Waals surface area contributed by atoms with E-state index in [1.807, 2.05) is 26.0 Å². The summed E-state index contributed by atoms with van der Waals surface area (Å²) in [5.74, 6) is 1.63. The number of furan rings is 1. The minimum atomic E-state index is 0.234. The molecular formula is C21H31N3O3. The number of nitrogens with one attached hydrogen (secondary N) is 2. The molecule has 148 valence electrons. The zero-order valence-corrected chi connectivity index (χ0v) is 16.5. The lowest BCUT2D eigenvalue weighted by atomic mass is 10.1. The van der Waals surface area contributed by atoms with Crippen LogP contribution < -0.4 is 10.6 Å². The van der Waals surface area contributed by atoms with Gasteiger partial charge < -0.3 is 24.5 Å². The van der Waals surface area contributed by atoms with Gasteiger partial charge in [-0.05, 0) is 43.5 Å². The Morgan fingerprint density at radius 3 is 2.70 bits per heavy atom. The molecule has 0 radical (unpaired) electrons. The van der Waals surface area contributed by atoms with E-state index in [-0.39, 0.29) is 6.10 Å². The van der Waals surface area contributed by atoms with Crippen LogP contribution in [0.3, 0.4) is 0 Å². The Morgan fingerprint density at radius 2 is 1.96 bits per heavy atom. The van der Waals surface area contributed by atoms with Crippen LogP contribution in [0, 0.1) is 0 Å². The predicted octanol–water partition coefficient (Wildman–Crippen LogP) is 3.48. The van der Waals surface area contributed by atoms with E-state index < -0.39 is 0 Å². The van der Waals surface area contributed by atoms with Crippen LogP contribution in [-0.4, -0.2) is 32.3 Å². The second-order valence-corrected chi connectivity index (χ2v) is 6.52. The molecule has 2 rings (SSSR count). The van der Waals surface area contributed by atoms with Crippen molar-refractivity contribution in [3.63, 3.8) is 0 Å². The van der Waals surface area contributed by atoms with Crippen molar-refractivity contribution in [1.82, 2.24) is 10.6 Å². The Bertz CT molecular complexity index is 669. The molecule has 1 aromatic heterocycles. The maximum atomic E-state index is 5.66. The molecule has 0 unspecified atom stereocenters. The van der Waals surface area contributed by atoms with Gasteiger partial charge in [-0.3, -0.25) is 4.99 Å². The second-order valence-electron chi connectivity index (χ2n) is 6.52. The second kappa shape index (κ2) is 12.1. The summed E-state index contributed by atoms with van der Waals surface area (Å²) >= 11 is 0. The number of rotatable bonds is 11. The van der Waals surface area contributed by atoms with E-state index in [0.29, 0.717) is 26.4 Å². The number of hydrogen-bond donors (Lipinski definition) is 2. The summed E-state index contributed by atoms with van der Waals surface area (Å²) in [4.78, 5) is 4.26. The number of nitrogens with zero attached hydrogens (tertiary/aromatic N) is 1. The van der Waals surface area contributed by atoms with Gasteiger partial charge >= 0.3 is 0 Å². The van der Waals surface area contributed by atoms with Crippen LogP contribution in [-0.2, 0) is 29.2 Å². The summed E-state index contributed by atoms with van der Waals surface area (Å²) in [5, 5.41) is 6.63. The predicted molar refractivity (Wildman–Crippen MR) is 108 cm³/mol. The van der Waals surface area contributed by atoms with Crippen molar-refractivity contribution in [2.45, 2.75) is 46.1 Å². The topological polar surface area (TPSA) is 68.0 Å². The molecule has 0 saturated carbocycles. The summed E-state index contributed by atoms with van der Waals surface area (Å²) < 4.78 is 16.5. The van der Waals surface area contributed by atoms with Gasteiger partial charge in [-0.1, -0.05) is 24.3 Å². The quantitative estimate of drug-likeness (QED) is 0.359. The molecule has 0 bridgehead atoms. The van der Waals surface area contributed by atoms with Crippen molar-refractivity contribution >= 4 is 5.96 Å². The van der Waals surface area contributed by atoms with Crippen molar-refractivity contribution < 1.29 is 13.9 Å². The van der Waals surface area contributed by atoms with Gasteiger partial charge in [0.15, 0.2) is 5.96 Å². The van der Waals surface area contributed by atoms with Crippen molar-refractivity contribution in [3.05, 3.63) is 59.5 Å². The average molecular weight is 373 g/mol. The third kappa shape index (κ3) is 8.75. The first kappa shape index (κ1) is 21.0. The van der Waals surface area contributed by atoms with Gasteiger partial charge in [-0.2, -0.15) is 0 Å². The van der Waals surface area contributed by atoms with E-state index >= 15 is 0 Å². The monoisotopic (exact) mass is 373 g/mol. The molecule has 6 heteroatoms. The fourth-order valence-electron chi connectivity index (χ4n) is 2.45. The largest absolute Gasteiger partial charge is 0.467 e. The van der Waals surface area contributed by atoms with Crippen LogP contribution in [0.25, 0.3) is 0 Å². The summed E-state index contributed by atoms with van der Waals surface area (Å²) in [6, 6.07) is 12.2. The highest BCUT2D eigenvalue weighted by molar-refractivity contribution is 5.79. The van der Waals surface area contributed by atoms with Crippen molar-refractivity contribution in [1.29, 1.82) is 0 Å². The van der Waals surface area contributed by atoms with Gasteiger partial charge in [0.2, 0.25) is 0 Å². The fourth-order valence-corrected chi connectivity index (χ4v) is 2.45. The zero-order valence-electron chi connectivity index (χ0n) is 16.5. The first-order chi connectivity index (χ1) is 13.2. The van der Waals surface area contributed by atoms with Gasteiger partial charge in [0, 0.05) is 26.7 Å². The average Bonchev–Trinajstić information content (AvgIpc) is 3.19.